The zero-order valence-corrected chi connectivity index (χ0v) is 32.5. The highest BCUT2D eigenvalue weighted by molar-refractivity contribution is 5.84. The first-order chi connectivity index (χ1) is 27.3. The summed E-state index contributed by atoms with van der Waals surface area (Å²) in [6.45, 7) is 2.14. The molecule has 3 aromatic carbocycles. The second-order valence-corrected chi connectivity index (χ2v) is 15.2. The molecule has 0 aliphatic carbocycles. The largest absolute Gasteiger partial charge is 0.340 e. The SMILES string of the molecule is CN(C)[C@@H](CON1CCC[C@H]1c1ncc(-c2cnc(-c3ccc(-c4cnc([C@@H]5CCCN5C(=O)[C@@H](c5ccccc5)N(C)C)[nH]4)cc3)cn2)[nH]1)c1ccccc1. The highest BCUT2D eigenvalue weighted by Crippen LogP contribution is 2.36. The number of carbonyl (C=O) groups excluding carboxylic acids is 1. The van der Waals surface area contributed by atoms with Crippen LogP contribution in [-0.2, 0) is 9.63 Å². The van der Waals surface area contributed by atoms with E-state index >= 15 is 0 Å². The Bertz CT molecular complexity index is 2180. The topological polar surface area (TPSA) is 122 Å². The number of benzene rings is 3. The Labute approximate surface area is 328 Å². The summed E-state index contributed by atoms with van der Waals surface area (Å²) in [5, 5.41) is 2.07. The zero-order chi connectivity index (χ0) is 38.6. The predicted molar refractivity (Wildman–Crippen MR) is 217 cm³/mol. The molecule has 8 rings (SSSR count). The molecule has 4 atom stereocenters. The van der Waals surface area contributed by atoms with Crippen molar-refractivity contribution in [2.45, 2.75) is 49.9 Å². The molecule has 1 amide bonds. The van der Waals surface area contributed by atoms with Gasteiger partial charge in [0.1, 0.15) is 23.4 Å². The average molecular weight is 751 g/mol. The summed E-state index contributed by atoms with van der Waals surface area (Å²) in [5.74, 6) is 1.79. The number of aromatic amines is 2. The molecule has 12 nitrogen and oxygen atoms in total. The standard InChI is InChI=1S/C44H50N10O2/c1-51(2)40(32-13-7-5-8-14-32)29-56-54-24-12-18-39(54)43-48-28-37(50-43)36-27-45-34(25-46-36)30-19-21-31(22-20-30)35-26-47-42(49-35)38-17-11-23-53(38)44(55)41(52(3)4)33-15-9-6-10-16-33/h5-10,13-16,19-22,25-28,38-41H,11-12,17-18,23-24,29H2,1-4H3,(H,47,49)(H,48,50)/t38-,39-,40-,41+/m0/s1. The molecule has 2 N–H and O–H groups in total. The van der Waals surface area contributed by atoms with Crippen LogP contribution in [0.1, 0.15) is 72.6 Å². The lowest BCUT2D eigenvalue weighted by Crippen LogP contribution is -2.40. The molecule has 0 saturated carbocycles. The summed E-state index contributed by atoms with van der Waals surface area (Å²) in [6, 6.07) is 28.5. The second kappa shape index (κ2) is 16.7. The molecular weight excluding hydrogens is 701 g/mol. The van der Waals surface area contributed by atoms with Crippen molar-refractivity contribution in [2.24, 2.45) is 0 Å². The Morgan fingerprint density at radius 2 is 1.27 bits per heavy atom. The molecule has 0 spiro atoms. The fourth-order valence-corrected chi connectivity index (χ4v) is 8.05. The number of hydrogen-bond donors (Lipinski definition) is 2. The minimum atomic E-state index is -0.344. The summed E-state index contributed by atoms with van der Waals surface area (Å²) in [6.07, 6.45) is 11.1. The molecule has 2 fully saturated rings. The van der Waals surface area contributed by atoms with Gasteiger partial charge in [-0.3, -0.25) is 24.5 Å². The highest BCUT2D eigenvalue weighted by Gasteiger charge is 2.37. The maximum absolute atomic E-state index is 13.9. The summed E-state index contributed by atoms with van der Waals surface area (Å²) in [5.41, 5.74) is 7.45. The van der Waals surface area contributed by atoms with Crippen LogP contribution in [0.2, 0.25) is 0 Å². The van der Waals surface area contributed by atoms with Crippen molar-refractivity contribution in [3.05, 3.63) is 132 Å². The molecule has 5 heterocycles. The van der Waals surface area contributed by atoms with Gasteiger partial charge in [-0.05, 0) is 70.6 Å². The van der Waals surface area contributed by atoms with Gasteiger partial charge < -0.3 is 19.8 Å². The number of likely N-dealkylation sites (N-methyl/N-ethyl adjacent to an activating group) is 2. The fraction of sp³-hybridized carbons (Fsp3) is 0.341. The van der Waals surface area contributed by atoms with Gasteiger partial charge in [0.05, 0.1) is 66.6 Å². The van der Waals surface area contributed by atoms with Crippen LogP contribution in [0.3, 0.4) is 0 Å². The molecule has 56 heavy (non-hydrogen) atoms. The monoisotopic (exact) mass is 750 g/mol. The first-order valence-corrected chi connectivity index (χ1v) is 19.5. The summed E-state index contributed by atoms with van der Waals surface area (Å²) < 4.78 is 0. The lowest BCUT2D eigenvalue weighted by atomic mass is 10.0. The van der Waals surface area contributed by atoms with E-state index in [1.54, 1.807) is 12.4 Å². The molecule has 12 heteroatoms. The van der Waals surface area contributed by atoms with Crippen molar-refractivity contribution in [3.63, 3.8) is 0 Å². The van der Waals surface area contributed by atoms with Gasteiger partial charge >= 0.3 is 0 Å². The third-order valence-corrected chi connectivity index (χ3v) is 11.1. The number of likely N-dealkylation sites (tertiary alicyclic amines) is 1. The Kier molecular flexibility index (Phi) is 11.1. The minimum absolute atomic E-state index is 0.0497. The number of hydrogen-bond acceptors (Lipinski definition) is 9. The van der Waals surface area contributed by atoms with E-state index in [4.69, 9.17) is 24.8 Å². The third-order valence-electron chi connectivity index (χ3n) is 11.1. The molecule has 0 bridgehead atoms. The van der Waals surface area contributed by atoms with Crippen LogP contribution in [-0.4, -0.2) is 103 Å². The quantitative estimate of drug-likeness (QED) is 0.126. The molecule has 2 aliphatic heterocycles. The Hall–Kier alpha value is -5.53. The smallest absolute Gasteiger partial charge is 0.245 e. The first kappa shape index (κ1) is 37.4. The second-order valence-electron chi connectivity index (χ2n) is 15.2. The number of hydroxylamine groups is 2. The summed E-state index contributed by atoms with van der Waals surface area (Å²) >= 11 is 0. The molecule has 288 valence electrons. The number of rotatable bonds is 13. The van der Waals surface area contributed by atoms with Crippen molar-refractivity contribution in [2.75, 3.05) is 47.9 Å². The normalized spacial score (nSPS) is 18.6. The van der Waals surface area contributed by atoms with Gasteiger partial charge in [0.2, 0.25) is 5.91 Å². The van der Waals surface area contributed by atoms with E-state index in [0.717, 1.165) is 83.3 Å². The zero-order valence-electron chi connectivity index (χ0n) is 32.5. The highest BCUT2D eigenvalue weighted by atomic mass is 16.7. The van der Waals surface area contributed by atoms with Crippen molar-refractivity contribution in [3.8, 4) is 33.9 Å². The predicted octanol–water partition coefficient (Wildman–Crippen LogP) is 7.26. The molecular formula is C44H50N10O2. The number of nitrogens with one attached hydrogen (secondary N) is 2. The van der Waals surface area contributed by atoms with E-state index in [0.29, 0.717) is 13.2 Å². The molecule has 0 unspecified atom stereocenters. The van der Waals surface area contributed by atoms with Crippen LogP contribution in [0.15, 0.2) is 110 Å². The van der Waals surface area contributed by atoms with Crippen LogP contribution in [0, 0.1) is 0 Å². The maximum Gasteiger partial charge on any atom is 0.245 e. The number of carbonyl (C=O) groups is 1. The van der Waals surface area contributed by atoms with E-state index in [2.05, 4.69) is 70.4 Å². The number of H-pyrrole nitrogens is 2. The van der Waals surface area contributed by atoms with Crippen molar-refractivity contribution >= 4 is 5.91 Å². The van der Waals surface area contributed by atoms with Crippen LogP contribution in [0.4, 0.5) is 0 Å². The van der Waals surface area contributed by atoms with E-state index in [-0.39, 0.29) is 30.1 Å². The molecule has 6 aromatic rings. The Morgan fingerprint density at radius 3 is 1.95 bits per heavy atom. The molecule has 0 radical (unpaired) electrons. The molecule has 2 saturated heterocycles. The minimum Gasteiger partial charge on any atom is -0.340 e. The fourth-order valence-electron chi connectivity index (χ4n) is 8.05. The van der Waals surface area contributed by atoms with Crippen LogP contribution < -0.4 is 0 Å². The van der Waals surface area contributed by atoms with Gasteiger partial charge in [0.25, 0.3) is 0 Å². The van der Waals surface area contributed by atoms with Crippen molar-refractivity contribution < 1.29 is 9.63 Å². The lowest BCUT2D eigenvalue weighted by molar-refractivity contribution is -0.183. The average Bonchev–Trinajstić information content (AvgIpc) is 4.06. The number of nitrogens with zero attached hydrogens (tertiary/aromatic N) is 8. The van der Waals surface area contributed by atoms with Crippen molar-refractivity contribution in [1.82, 2.24) is 49.7 Å². The van der Waals surface area contributed by atoms with Crippen molar-refractivity contribution in [1.29, 1.82) is 0 Å². The lowest BCUT2D eigenvalue weighted by Gasteiger charge is -2.31. The molecule has 2 aliphatic rings. The number of amides is 1. The number of aromatic nitrogens is 6. The van der Waals surface area contributed by atoms with E-state index < -0.39 is 0 Å². The van der Waals surface area contributed by atoms with Gasteiger partial charge in [-0.15, -0.1) is 0 Å². The van der Waals surface area contributed by atoms with Crippen LogP contribution in [0.5, 0.6) is 0 Å². The van der Waals surface area contributed by atoms with Crippen LogP contribution >= 0.6 is 0 Å². The van der Waals surface area contributed by atoms with Gasteiger partial charge in [-0.25, -0.2) is 9.97 Å². The van der Waals surface area contributed by atoms with Gasteiger partial charge in [0, 0.05) is 18.7 Å². The van der Waals surface area contributed by atoms with Gasteiger partial charge in [0.15, 0.2) is 0 Å². The van der Waals surface area contributed by atoms with Gasteiger partial charge in [-0.1, -0.05) is 84.9 Å². The Morgan fingerprint density at radius 1 is 0.679 bits per heavy atom. The van der Waals surface area contributed by atoms with E-state index in [1.165, 1.54) is 5.56 Å². The third kappa shape index (κ3) is 7.92. The maximum atomic E-state index is 13.9. The Balaban J connectivity index is 0.903. The first-order valence-electron chi connectivity index (χ1n) is 19.5. The number of imidazole rings is 2. The molecule has 3 aromatic heterocycles. The summed E-state index contributed by atoms with van der Waals surface area (Å²) in [7, 11) is 8.09. The van der Waals surface area contributed by atoms with Gasteiger partial charge in [-0.2, -0.15) is 5.06 Å². The van der Waals surface area contributed by atoms with E-state index in [9.17, 15) is 4.79 Å². The van der Waals surface area contributed by atoms with Crippen LogP contribution in [0.25, 0.3) is 33.9 Å². The van der Waals surface area contributed by atoms with E-state index in [1.807, 2.05) is 84.8 Å². The summed E-state index contributed by atoms with van der Waals surface area (Å²) in [4.78, 5) is 52.5.